The first-order chi connectivity index (χ1) is 8.63. The molecular weight excluding hydrogens is 256 g/mol. The third-order valence-electron chi connectivity index (χ3n) is 3.37. The average molecular weight is 285 g/mol. The molecule has 1 unspecified atom stereocenters. The summed E-state index contributed by atoms with van der Waals surface area (Å²) in [6.45, 7) is 13.0. The number of ether oxygens (including phenoxy) is 1. The van der Waals surface area contributed by atoms with Gasteiger partial charge in [0.2, 0.25) is 5.75 Å². The van der Waals surface area contributed by atoms with Crippen molar-refractivity contribution in [2.24, 2.45) is 10.8 Å². The maximum absolute atomic E-state index is 12.0. The molecule has 1 aliphatic heterocycles. The molecule has 0 N–H and O–H groups in total. The van der Waals surface area contributed by atoms with Crippen LogP contribution in [0.5, 0.6) is 0 Å². The van der Waals surface area contributed by atoms with E-state index in [1.807, 2.05) is 13.8 Å². The van der Waals surface area contributed by atoms with E-state index in [9.17, 15) is 4.79 Å². The molecule has 2 nitrogen and oxygen atoms in total. The van der Waals surface area contributed by atoms with Crippen molar-refractivity contribution in [2.75, 3.05) is 17.3 Å². The van der Waals surface area contributed by atoms with Crippen molar-refractivity contribution in [1.29, 1.82) is 0 Å². The van der Waals surface area contributed by atoms with Gasteiger partial charge in [-0.3, -0.25) is 0 Å². The Bertz CT molecular complexity index is 325. The maximum atomic E-state index is 12.0. The Kier molecular flexibility index (Phi) is 5.54. The summed E-state index contributed by atoms with van der Waals surface area (Å²) in [6, 6.07) is 0. The van der Waals surface area contributed by atoms with Crippen molar-refractivity contribution < 1.29 is 9.53 Å². The highest BCUT2D eigenvalue weighted by atomic mass is 32.2. The molecule has 110 valence electrons. The first-order valence-electron chi connectivity index (χ1n) is 7.17. The van der Waals surface area contributed by atoms with Crippen molar-refractivity contribution in [1.82, 2.24) is 0 Å². The van der Waals surface area contributed by atoms with E-state index in [0.717, 1.165) is 17.9 Å². The Balaban J connectivity index is 2.65. The SMILES string of the molecule is CCC(C)OC(=O)C[S+]1CC(C)(C)C=CC(C)(C)C1. The van der Waals surface area contributed by atoms with Crippen LogP contribution in [0.3, 0.4) is 0 Å². The first-order valence-corrected chi connectivity index (χ1v) is 8.91. The Morgan fingerprint density at radius 3 is 2.11 bits per heavy atom. The van der Waals surface area contributed by atoms with Crippen LogP contribution in [0.2, 0.25) is 0 Å². The zero-order valence-corrected chi connectivity index (χ0v) is 14.1. The molecule has 3 heteroatoms. The minimum Gasteiger partial charge on any atom is -0.459 e. The predicted molar refractivity (Wildman–Crippen MR) is 84.5 cm³/mol. The van der Waals surface area contributed by atoms with Gasteiger partial charge in [-0.15, -0.1) is 0 Å². The molecule has 0 aromatic heterocycles. The Labute approximate surface area is 121 Å². The summed E-state index contributed by atoms with van der Waals surface area (Å²) in [5.41, 5.74) is 0.376. The maximum Gasteiger partial charge on any atom is 0.356 e. The molecule has 1 heterocycles. The summed E-state index contributed by atoms with van der Waals surface area (Å²) in [4.78, 5) is 12.0. The van der Waals surface area contributed by atoms with Crippen LogP contribution in [-0.4, -0.2) is 29.3 Å². The molecule has 0 spiro atoms. The summed E-state index contributed by atoms with van der Waals surface area (Å²) < 4.78 is 5.43. The van der Waals surface area contributed by atoms with Gasteiger partial charge >= 0.3 is 5.97 Å². The van der Waals surface area contributed by atoms with Crippen LogP contribution >= 0.6 is 0 Å². The van der Waals surface area contributed by atoms with E-state index in [-0.39, 0.29) is 33.8 Å². The fourth-order valence-electron chi connectivity index (χ4n) is 2.26. The van der Waals surface area contributed by atoms with Gasteiger partial charge in [-0.25, -0.2) is 4.79 Å². The van der Waals surface area contributed by atoms with E-state index in [4.69, 9.17) is 4.74 Å². The lowest BCUT2D eigenvalue weighted by atomic mass is 9.89. The van der Waals surface area contributed by atoms with Crippen molar-refractivity contribution >= 4 is 16.9 Å². The molecule has 0 bridgehead atoms. The number of hydrogen-bond acceptors (Lipinski definition) is 2. The van der Waals surface area contributed by atoms with Crippen LogP contribution in [-0.2, 0) is 20.4 Å². The summed E-state index contributed by atoms with van der Waals surface area (Å²) in [5.74, 6) is 2.73. The highest BCUT2D eigenvalue weighted by Crippen LogP contribution is 2.33. The molecule has 0 aromatic rings. The highest BCUT2D eigenvalue weighted by molar-refractivity contribution is 7.97. The van der Waals surface area contributed by atoms with Crippen LogP contribution in [0, 0.1) is 10.8 Å². The summed E-state index contributed by atoms with van der Waals surface area (Å²) >= 11 is 0. The monoisotopic (exact) mass is 285 g/mol. The van der Waals surface area contributed by atoms with Crippen molar-refractivity contribution in [3.8, 4) is 0 Å². The minimum atomic E-state index is -0.0221. The van der Waals surface area contributed by atoms with Gasteiger partial charge < -0.3 is 4.74 Å². The van der Waals surface area contributed by atoms with Crippen LogP contribution in [0.4, 0.5) is 0 Å². The van der Waals surface area contributed by atoms with Crippen molar-refractivity contribution in [3.63, 3.8) is 0 Å². The van der Waals surface area contributed by atoms with Crippen molar-refractivity contribution in [2.45, 2.75) is 54.1 Å². The summed E-state index contributed by atoms with van der Waals surface area (Å²) in [5, 5.41) is 0. The van der Waals surface area contributed by atoms with Gasteiger partial charge in [0.1, 0.15) is 11.5 Å². The van der Waals surface area contributed by atoms with E-state index in [0.29, 0.717) is 5.75 Å². The molecule has 0 radical (unpaired) electrons. The molecule has 19 heavy (non-hydrogen) atoms. The molecule has 0 aromatic carbocycles. The Morgan fingerprint density at radius 2 is 1.68 bits per heavy atom. The molecule has 1 rings (SSSR count). The lowest BCUT2D eigenvalue weighted by Crippen LogP contribution is -2.33. The summed E-state index contributed by atoms with van der Waals surface area (Å²) in [7, 11) is 0.114. The number of esters is 1. The summed E-state index contributed by atoms with van der Waals surface area (Å²) in [6.07, 6.45) is 5.57. The molecule has 0 saturated carbocycles. The van der Waals surface area contributed by atoms with E-state index in [2.05, 4.69) is 39.8 Å². The van der Waals surface area contributed by atoms with Gasteiger partial charge in [-0.05, 0) is 13.3 Å². The first kappa shape index (κ1) is 16.6. The number of rotatable bonds is 4. The number of allylic oxidation sites excluding steroid dienone is 2. The molecule has 1 atom stereocenters. The van der Waals surface area contributed by atoms with E-state index in [1.165, 1.54) is 0 Å². The number of carbonyl (C=O) groups is 1. The van der Waals surface area contributed by atoms with Crippen LogP contribution < -0.4 is 0 Å². The normalized spacial score (nSPS) is 23.7. The second-order valence-electron chi connectivity index (χ2n) is 7.06. The van der Waals surface area contributed by atoms with Gasteiger partial charge in [0.15, 0.2) is 0 Å². The van der Waals surface area contributed by atoms with Gasteiger partial charge in [-0.1, -0.05) is 46.8 Å². The zero-order chi connectivity index (χ0) is 14.7. The average Bonchev–Trinajstić information content (AvgIpc) is 2.34. The van der Waals surface area contributed by atoms with Gasteiger partial charge in [0.05, 0.1) is 6.10 Å². The lowest BCUT2D eigenvalue weighted by molar-refractivity contribution is -0.145. The fraction of sp³-hybridized carbons (Fsp3) is 0.812. The molecular formula is C16H29O2S+. The quantitative estimate of drug-likeness (QED) is 0.448. The zero-order valence-electron chi connectivity index (χ0n) is 13.3. The van der Waals surface area contributed by atoms with Gasteiger partial charge in [0.25, 0.3) is 0 Å². The lowest BCUT2D eigenvalue weighted by Gasteiger charge is -2.20. The molecule has 0 fully saturated rings. The van der Waals surface area contributed by atoms with E-state index in [1.54, 1.807) is 0 Å². The van der Waals surface area contributed by atoms with Gasteiger partial charge in [-0.2, -0.15) is 0 Å². The molecule has 0 aliphatic carbocycles. The topological polar surface area (TPSA) is 26.3 Å². The van der Waals surface area contributed by atoms with Crippen molar-refractivity contribution in [3.05, 3.63) is 12.2 Å². The molecule has 0 saturated heterocycles. The van der Waals surface area contributed by atoms with E-state index < -0.39 is 0 Å². The predicted octanol–water partition coefficient (Wildman–Crippen LogP) is 3.57. The number of hydrogen-bond donors (Lipinski definition) is 0. The van der Waals surface area contributed by atoms with Crippen LogP contribution in [0.15, 0.2) is 12.2 Å². The largest absolute Gasteiger partial charge is 0.459 e. The number of carbonyl (C=O) groups excluding carboxylic acids is 1. The third kappa shape index (κ3) is 6.03. The molecule has 1 aliphatic rings. The Morgan fingerprint density at radius 1 is 1.21 bits per heavy atom. The standard InChI is InChI=1S/C16H29O2S/c1-7-13(2)18-14(17)10-19-11-15(3,4)8-9-16(5,6)12-19/h8-9,13H,7,10-12H2,1-6H3/q+1. The van der Waals surface area contributed by atoms with Crippen LogP contribution in [0.1, 0.15) is 48.0 Å². The minimum absolute atomic E-state index is 0.0221. The Hall–Kier alpha value is -0.440. The van der Waals surface area contributed by atoms with E-state index >= 15 is 0 Å². The van der Waals surface area contributed by atoms with Gasteiger partial charge in [0, 0.05) is 21.7 Å². The second kappa shape index (κ2) is 6.34. The highest BCUT2D eigenvalue weighted by Gasteiger charge is 2.38. The second-order valence-corrected chi connectivity index (χ2v) is 9.16. The molecule has 0 amide bonds. The smallest absolute Gasteiger partial charge is 0.356 e. The fourth-order valence-corrected chi connectivity index (χ4v) is 5.27. The van der Waals surface area contributed by atoms with Crippen LogP contribution in [0.25, 0.3) is 0 Å². The third-order valence-corrected chi connectivity index (χ3v) is 6.32.